The standard InChI is InChI=1S/C11H24N2O/c1-3-4-5-12(2)6-7-13-8-10-14-11-9-13/h3-11H2,1-2H3. The fraction of sp³-hybridized carbons (Fsp3) is 1.00. The largest absolute Gasteiger partial charge is 0.379 e. The molecule has 1 fully saturated rings. The molecule has 0 aromatic carbocycles. The first-order valence-corrected chi connectivity index (χ1v) is 5.81. The van der Waals surface area contributed by atoms with E-state index in [4.69, 9.17) is 4.74 Å². The molecule has 14 heavy (non-hydrogen) atoms. The van der Waals surface area contributed by atoms with Crippen molar-refractivity contribution in [3.63, 3.8) is 0 Å². The van der Waals surface area contributed by atoms with Gasteiger partial charge in [0.25, 0.3) is 0 Å². The van der Waals surface area contributed by atoms with Gasteiger partial charge >= 0.3 is 0 Å². The van der Waals surface area contributed by atoms with Crippen LogP contribution in [0.2, 0.25) is 0 Å². The average Bonchev–Trinajstić information content (AvgIpc) is 2.25. The first-order chi connectivity index (χ1) is 6.83. The molecule has 0 aromatic rings. The Kier molecular flexibility index (Phi) is 6.15. The monoisotopic (exact) mass is 200 g/mol. The lowest BCUT2D eigenvalue weighted by Gasteiger charge is -2.28. The molecule has 1 rings (SSSR count). The zero-order valence-corrected chi connectivity index (χ0v) is 9.67. The lowest BCUT2D eigenvalue weighted by atomic mass is 10.3. The van der Waals surface area contributed by atoms with Gasteiger partial charge in [-0.2, -0.15) is 0 Å². The van der Waals surface area contributed by atoms with Crippen molar-refractivity contribution in [2.45, 2.75) is 19.8 Å². The van der Waals surface area contributed by atoms with Gasteiger partial charge in [0.05, 0.1) is 13.2 Å². The summed E-state index contributed by atoms with van der Waals surface area (Å²) in [7, 11) is 2.22. The Hall–Kier alpha value is -0.120. The highest BCUT2D eigenvalue weighted by atomic mass is 16.5. The summed E-state index contributed by atoms with van der Waals surface area (Å²) in [6.45, 7) is 9.93. The molecule has 0 saturated carbocycles. The molecule has 0 unspecified atom stereocenters. The normalized spacial score (nSPS) is 19.1. The summed E-state index contributed by atoms with van der Waals surface area (Å²) in [5.41, 5.74) is 0. The van der Waals surface area contributed by atoms with Gasteiger partial charge in [-0.05, 0) is 20.0 Å². The SMILES string of the molecule is CCCCN(C)CCN1CCOCC1. The maximum atomic E-state index is 5.32. The highest BCUT2D eigenvalue weighted by molar-refractivity contribution is 4.63. The van der Waals surface area contributed by atoms with Crippen LogP contribution in [0.25, 0.3) is 0 Å². The van der Waals surface area contributed by atoms with Gasteiger partial charge in [-0.3, -0.25) is 4.90 Å². The molecule has 0 aromatic heterocycles. The van der Waals surface area contributed by atoms with Gasteiger partial charge in [0.1, 0.15) is 0 Å². The minimum atomic E-state index is 0.915. The summed E-state index contributed by atoms with van der Waals surface area (Å²) in [6.07, 6.45) is 2.61. The van der Waals surface area contributed by atoms with Crippen LogP contribution in [-0.2, 0) is 4.74 Å². The second-order valence-corrected chi connectivity index (χ2v) is 4.11. The summed E-state index contributed by atoms with van der Waals surface area (Å²) in [6, 6.07) is 0. The van der Waals surface area contributed by atoms with Crippen molar-refractivity contribution in [1.82, 2.24) is 9.80 Å². The van der Waals surface area contributed by atoms with Crippen LogP contribution in [0.4, 0.5) is 0 Å². The van der Waals surface area contributed by atoms with E-state index in [0.29, 0.717) is 0 Å². The number of unbranched alkanes of at least 4 members (excludes halogenated alkanes) is 1. The molecular formula is C11H24N2O. The highest BCUT2D eigenvalue weighted by Gasteiger charge is 2.10. The van der Waals surface area contributed by atoms with Crippen LogP contribution in [0.3, 0.4) is 0 Å². The maximum absolute atomic E-state index is 5.32. The molecule has 0 bridgehead atoms. The molecule has 0 radical (unpaired) electrons. The van der Waals surface area contributed by atoms with Crippen molar-refractivity contribution >= 4 is 0 Å². The molecule has 3 nitrogen and oxygen atoms in total. The lowest BCUT2D eigenvalue weighted by molar-refractivity contribution is 0.0344. The molecular weight excluding hydrogens is 176 g/mol. The number of likely N-dealkylation sites (N-methyl/N-ethyl adjacent to an activating group) is 1. The van der Waals surface area contributed by atoms with E-state index in [1.807, 2.05) is 0 Å². The van der Waals surface area contributed by atoms with Gasteiger partial charge < -0.3 is 9.64 Å². The Labute approximate surface area is 88.0 Å². The fourth-order valence-corrected chi connectivity index (χ4v) is 1.68. The molecule has 0 aliphatic carbocycles. The van der Waals surface area contributed by atoms with E-state index in [2.05, 4.69) is 23.8 Å². The first kappa shape index (κ1) is 12.0. The predicted molar refractivity (Wildman–Crippen MR) is 59.7 cm³/mol. The van der Waals surface area contributed by atoms with Crippen molar-refractivity contribution in [2.24, 2.45) is 0 Å². The van der Waals surface area contributed by atoms with Crippen molar-refractivity contribution in [3.8, 4) is 0 Å². The molecule has 0 amide bonds. The quantitative estimate of drug-likeness (QED) is 0.637. The van der Waals surface area contributed by atoms with E-state index in [0.717, 1.165) is 26.3 Å². The predicted octanol–water partition coefficient (Wildman–Crippen LogP) is 1.05. The average molecular weight is 200 g/mol. The summed E-state index contributed by atoms with van der Waals surface area (Å²) < 4.78 is 5.32. The molecule has 1 heterocycles. The number of hydrogen-bond acceptors (Lipinski definition) is 3. The maximum Gasteiger partial charge on any atom is 0.0594 e. The van der Waals surface area contributed by atoms with E-state index in [1.54, 1.807) is 0 Å². The van der Waals surface area contributed by atoms with Crippen LogP contribution in [0.15, 0.2) is 0 Å². The van der Waals surface area contributed by atoms with Crippen LogP contribution in [0, 0.1) is 0 Å². The van der Waals surface area contributed by atoms with Crippen molar-refractivity contribution in [2.75, 3.05) is 53.0 Å². The van der Waals surface area contributed by atoms with Crippen LogP contribution < -0.4 is 0 Å². The van der Waals surface area contributed by atoms with Gasteiger partial charge in [-0.25, -0.2) is 0 Å². The molecule has 0 N–H and O–H groups in total. The van der Waals surface area contributed by atoms with Crippen LogP contribution >= 0.6 is 0 Å². The van der Waals surface area contributed by atoms with E-state index in [1.165, 1.54) is 32.5 Å². The molecule has 1 aliphatic rings. The van der Waals surface area contributed by atoms with Gasteiger partial charge in [0.15, 0.2) is 0 Å². The van der Waals surface area contributed by atoms with Gasteiger partial charge in [0.2, 0.25) is 0 Å². The third kappa shape index (κ3) is 4.94. The van der Waals surface area contributed by atoms with Crippen molar-refractivity contribution in [1.29, 1.82) is 0 Å². The Morgan fingerprint density at radius 3 is 2.57 bits per heavy atom. The third-order valence-electron chi connectivity index (χ3n) is 2.80. The summed E-state index contributed by atoms with van der Waals surface area (Å²) in [5.74, 6) is 0. The topological polar surface area (TPSA) is 15.7 Å². The molecule has 3 heteroatoms. The van der Waals surface area contributed by atoms with E-state index in [9.17, 15) is 0 Å². The zero-order valence-electron chi connectivity index (χ0n) is 9.67. The summed E-state index contributed by atoms with van der Waals surface area (Å²) in [4.78, 5) is 4.92. The lowest BCUT2D eigenvalue weighted by Crippen LogP contribution is -2.40. The molecule has 1 aliphatic heterocycles. The van der Waals surface area contributed by atoms with Crippen LogP contribution in [0.5, 0.6) is 0 Å². The molecule has 0 spiro atoms. The van der Waals surface area contributed by atoms with Gasteiger partial charge in [-0.1, -0.05) is 13.3 Å². The summed E-state index contributed by atoms with van der Waals surface area (Å²) >= 11 is 0. The molecule has 1 saturated heterocycles. The van der Waals surface area contributed by atoms with Crippen molar-refractivity contribution < 1.29 is 4.74 Å². The van der Waals surface area contributed by atoms with E-state index >= 15 is 0 Å². The number of nitrogens with zero attached hydrogens (tertiary/aromatic N) is 2. The second kappa shape index (κ2) is 7.21. The number of morpholine rings is 1. The Morgan fingerprint density at radius 1 is 1.21 bits per heavy atom. The number of rotatable bonds is 6. The third-order valence-corrected chi connectivity index (χ3v) is 2.80. The Balaban J connectivity index is 2.00. The van der Waals surface area contributed by atoms with E-state index < -0.39 is 0 Å². The van der Waals surface area contributed by atoms with Gasteiger partial charge in [-0.15, -0.1) is 0 Å². The summed E-state index contributed by atoms with van der Waals surface area (Å²) in [5, 5.41) is 0. The zero-order chi connectivity index (χ0) is 10.2. The first-order valence-electron chi connectivity index (χ1n) is 5.81. The molecule has 84 valence electrons. The number of hydrogen-bond donors (Lipinski definition) is 0. The smallest absolute Gasteiger partial charge is 0.0594 e. The second-order valence-electron chi connectivity index (χ2n) is 4.11. The van der Waals surface area contributed by atoms with Crippen LogP contribution in [-0.4, -0.2) is 62.8 Å². The Morgan fingerprint density at radius 2 is 1.93 bits per heavy atom. The highest BCUT2D eigenvalue weighted by Crippen LogP contribution is 1.97. The molecule has 0 atom stereocenters. The number of ether oxygens (including phenoxy) is 1. The van der Waals surface area contributed by atoms with E-state index in [-0.39, 0.29) is 0 Å². The fourth-order valence-electron chi connectivity index (χ4n) is 1.68. The minimum Gasteiger partial charge on any atom is -0.379 e. The Bertz CT molecular complexity index is 135. The van der Waals surface area contributed by atoms with Crippen LogP contribution in [0.1, 0.15) is 19.8 Å². The van der Waals surface area contributed by atoms with Crippen molar-refractivity contribution in [3.05, 3.63) is 0 Å². The minimum absolute atomic E-state index is 0.915. The van der Waals surface area contributed by atoms with Gasteiger partial charge in [0, 0.05) is 26.2 Å².